The number of ketones is 1. The summed E-state index contributed by atoms with van der Waals surface area (Å²) >= 11 is 0. The molecule has 196 valence electrons. The summed E-state index contributed by atoms with van der Waals surface area (Å²) in [7, 11) is -3.78. The van der Waals surface area contributed by atoms with Crippen LogP contribution in [0.3, 0.4) is 0 Å². The Morgan fingerprint density at radius 3 is 2.25 bits per heavy atom. The fourth-order valence-electron chi connectivity index (χ4n) is 3.26. The zero-order valence-electron chi connectivity index (χ0n) is 20.7. The Hall–Kier alpha value is -3.01. The maximum absolute atomic E-state index is 12.9. The van der Waals surface area contributed by atoms with Crippen molar-refractivity contribution in [3.63, 3.8) is 0 Å². The van der Waals surface area contributed by atoms with E-state index in [1.54, 1.807) is 44.2 Å². The van der Waals surface area contributed by atoms with Crippen LogP contribution in [0.1, 0.15) is 32.3 Å². The van der Waals surface area contributed by atoms with Gasteiger partial charge in [0.25, 0.3) is 0 Å². The number of Topliss-reactive ketones (excluding diaryl/α,β-unsaturated/α-hetero) is 1. The molecule has 0 bridgehead atoms. The molecule has 2 aromatic carbocycles. The Kier molecular flexibility index (Phi) is 12.9. The van der Waals surface area contributed by atoms with Gasteiger partial charge in [-0.25, -0.2) is 13.2 Å². The molecule has 36 heavy (non-hydrogen) atoms. The molecule has 2 atom stereocenters. The highest BCUT2D eigenvalue weighted by Crippen LogP contribution is 2.15. The molecule has 8 nitrogen and oxygen atoms in total. The molecular weight excluding hydrogens is 484 g/mol. The van der Waals surface area contributed by atoms with Crippen molar-refractivity contribution < 1.29 is 37.0 Å². The Bertz CT molecular complexity index is 1050. The zero-order chi connectivity index (χ0) is 26.2. The van der Waals surface area contributed by atoms with Crippen molar-refractivity contribution in [3.05, 3.63) is 78.4 Å². The first kappa shape index (κ1) is 29.2. The summed E-state index contributed by atoms with van der Waals surface area (Å²) in [6.45, 7) is 4.38. The molecule has 0 heterocycles. The lowest BCUT2D eigenvalue weighted by molar-refractivity contribution is -0.131. The molecule has 0 radical (unpaired) electrons. The minimum Gasteiger partial charge on any atom is -0.435 e. The van der Waals surface area contributed by atoms with Crippen LogP contribution in [-0.4, -0.2) is 58.1 Å². The molecule has 0 N–H and O–H groups in total. The number of carbonyl (C=O) groups excluding carboxylic acids is 2. The molecule has 2 rings (SSSR count). The second-order valence-corrected chi connectivity index (χ2v) is 9.85. The van der Waals surface area contributed by atoms with Gasteiger partial charge in [0.2, 0.25) is 0 Å². The molecule has 0 amide bonds. The number of benzene rings is 2. The second-order valence-electron chi connectivity index (χ2n) is 7.86. The number of hydrogen-bond donors (Lipinski definition) is 0. The van der Waals surface area contributed by atoms with Crippen LogP contribution in [0.2, 0.25) is 0 Å². The first-order valence-corrected chi connectivity index (χ1v) is 13.5. The van der Waals surface area contributed by atoms with Gasteiger partial charge in [0.15, 0.2) is 15.6 Å². The van der Waals surface area contributed by atoms with E-state index in [0.29, 0.717) is 26.1 Å². The Balaban J connectivity index is 1.99. The second kappa shape index (κ2) is 15.9. The number of rotatable bonds is 16. The lowest BCUT2D eigenvalue weighted by atomic mass is 10.1. The van der Waals surface area contributed by atoms with Crippen LogP contribution >= 0.6 is 0 Å². The molecule has 0 fully saturated rings. The third-order valence-corrected chi connectivity index (χ3v) is 6.73. The summed E-state index contributed by atoms with van der Waals surface area (Å²) in [5, 5.41) is 0. The predicted molar refractivity (Wildman–Crippen MR) is 135 cm³/mol. The molecule has 0 saturated carbocycles. The van der Waals surface area contributed by atoms with Crippen LogP contribution in [0.5, 0.6) is 0 Å². The van der Waals surface area contributed by atoms with E-state index in [9.17, 15) is 18.0 Å². The summed E-state index contributed by atoms with van der Waals surface area (Å²) in [4.78, 5) is 24.3. The van der Waals surface area contributed by atoms with Crippen LogP contribution in [0, 0.1) is 0 Å². The van der Waals surface area contributed by atoms with Gasteiger partial charge >= 0.3 is 6.16 Å². The third kappa shape index (κ3) is 10.7. The van der Waals surface area contributed by atoms with Crippen molar-refractivity contribution in [2.24, 2.45) is 0 Å². The molecule has 1 unspecified atom stereocenters. The van der Waals surface area contributed by atoms with Gasteiger partial charge in [-0.1, -0.05) is 61.5 Å². The highest BCUT2D eigenvalue weighted by atomic mass is 32.2. The van der Waals surface area contributed by atoms with Gasteiger partial charge in [0.1, 0.15) is 18.5 Å². The van der Waals surface area contributed by atoms with Crippen LogP contribution in [0.15, 0.2) is 77.7 Å². The number of ether oxygens (including phenoxy) is 4. The lowest BCUT2D eigenvalue weighted by Crippen LogP contribution is -2.33. The van der Waals surface area contributed by atoms with Gasteiger partial charge in [-0.2, -0.15) is 0 Å². The SMILES string of the molecule is CCOC(=O)OCC=C[C@H](CCOCc1ccccc1)OC(CC)C(=O)CS(=O)(=O)c1ccccc1. The largest absolute Gasteiger partial charge is 0.508 e. The van der Waals surface area contributed by atoms with Crippen molar-refractivity contribution in [1.29, 1.82) is 0 Å². The van der Waals surface area contributed by atoms with E-state index >= 15 is 0 Å². The molecule has 0 aliphatic carbocycles. The van der Waals surface area contributed by atoms with Gasteiger partial charge in [-0.3, -0.25) is 4.79 Å². The predicted octanol–water partition coefficient (Wildman–Crippen LogP) is 4.53. The Morgan fingerprint density at radius 2 is 1.61 bits per heavy atom. The van der Waals surface area contributed by atoms with E-state index in [-0.39, 0.29) is 18.1 Å². The summed E-state index contributed by atoms with van der Waals surface area (Å²) in [6.07, 6.45) is 1.73. The van der Waals surface area contributed by atoms with Crippen molar-refractivity contribution in [2.45, 2.75) is 50.4 Å². The van der Waals surface area contributed by atoms with Crippen LogP contribution in [0.25, 0.3) is 0 Å². The molecule has 2 aromatic rings. The monoisotopic (exact) mass is 518 g/mol. The number of carbonyl (C=O) groups is 2. The van der Waals surface area contributed by atoms with E-state index < -0.39 is 39.7 Å². The Labute approximate surface area is 213 Å². The first-order chi connectivity index (χ1) is 17.4. The quantitative estimate of drug-likeness (QED) is 0.181. The van der Waals surface area contributed by atoms with Gasteiger partial charge in [-0.05, 0) is 37.1 Å². The lowest BCUT2D eigenvalue weighted by Gasteiger charge is -2.21. The standard InChI is InChI=1S/C27H34O8S/c1-3-26(25(28)21-36(30,31)24-15-9-6-10-16-24)35-23(14-11-18-34-27(29)33-4-2)17-19-32-20-22-12-7-5-8-13-22/h5-16,23,26H,3-4,17-21H2,1-2H3/t23-,26?/m1/s1. The fourth-order valence-corrected chi connectivity index (χ4v) is 4.56. The highest BCUT2D eigenvalue weighted by Gasteiger charge is 2.27. The topological polar surface area (TPSA) is 105 Å². The summed E-state index contributed by atoms with van der Waals surface area (Å²) in [6, 6.07) is 17.6. The van der Waals surface area contributed by atoms with E-state index in [1.165, 1.54) is 12.1 Å². The highest BCUT2D eigenvalue weighted by molar-refractivity contribution is 7.92. The van der Waals surface area contributed by atoms with Crippen molar-refractivity contribution in [1.82, 2.24) is 0 Å². The molecule has 0 aliphatic heterocycles. The zero-order valence-corrected chi connectivity index (χ0v) is 21.5. The van der Waals surface area contributed by atoms with Gasteiger partial charge < -0.3 is 18.9 Å². The van der Waals surface area contributed by atoms with Crippen LogP contribution < -0.4 is 0 Å². The van der Waals surface area contributed by atoms with Crippen LogP contribution in [-0.2, 0) is 40.2 Å². The molecule has 0 aliphatic rings. The third-order valence-electron chi connectivity index (χ3n) is 5.07. The van der Waals surface area contributed by atoms with Gasteiger partial charge in [-0.15, -0.1) is 0 Å². The average Bonchev–Trinajstić information content (AvgIpc) is 2.88. The van der Waals surface area contributed by atoms with E-state index in [4.69, 9.17) is 18.9 Å². The molecular formula is C27H34O8S. The molecule has 0 spiro atoms. The van der Waals surface area contributed by atoms with Crippen molar-refractivity contribution in [2.75, 3.05) is 25.6 Å². The van der Waals surface area contributed by atoms with Crippen LogP contribution in [0.4, 0.5) is 4.79 Å². The van der Waals surface area contributed by atoms with Crippen molar-refractivity contribution >= 4 is 21.8 Å². The first-order valence-electron chi connectivity index (χ1n) is 11.9. The van der Waals surface area contributed by atoms with Crippen molar-refractivity contribution in [3.8, 4) is 0 Å². The van der Waals surface area contributed by atoms with Gasteiger partial charge in [0.05, 0.1) is 24.2 Å². The minimum atomic E-state index is -3.78. The minimum absolute atomic E-state index is 0.0311. The molecule has 0 aromatic heterocycles. The summed E-state index contributed by atoms with van der Waals surface area (Å²) < 4.78 is 46.7. The Morgan fingerprint density at radius 1 is 0.944 bits per heavy atom. The summed E-state index contributed by atoms with van der Waals surface area (Å²) in [5.74, 6) is -1.17. The maximum Gasteiger partial charge on any atom is 0.508 e. The van der Waals surface area contributed by atoms with E-state index in [0.717, 1.165) is 5.56 Å². The molecule has 9 heteroatoms. The normalized spacial score (nSPS) is 13.3. The summed E-state index contributed by atoms with van der Waals surface area (Å²) in [5.41, 5.74) is 1.03. The van der Waals surface area contributed by atoms with Gasteiger partial charge in [0, 0.05) is 13.0 Å². The maximum atomic E-state index is 12.9. The average molecular weight is 519 g/mol. The van der Waals surface area contributed by atoms with E-state index in [2.05, 4.69) is 0 Å². The smallest absolute Gasteiger partial charge is 0.435 e. The number of sulfone groups is 1. The number of hydrogen-bond acceptors (Lipinski definition) is 8. The fraction of sp³-hybridized carbons (Fsp3) is 0.407. The van der Waals surface area contributed by atoms with E-state index in [1.807, 2.05) is 30.3 Å². The molecule has 0 saturated heterocycles.